The molecule has 6 heteroatoms. The van der Waals surface area contributed by atoms with Crippen molar-refractivity contribution >= 4 is 23.3 Å². The summed E-state index contributed by atoms with van der Waals surface area (Å²) in [7, 11) is 0. The molecule has 0 radical (unpaired) electrons. The number of halogens is 1. The Morgan fingerprint density at radius 1 is 0.906 bits per heavy atom. The fraction of sp³-hybridized carbons (Fsp3) is 0.115. The summed E-state index contributed by atoms with van der Waals surface area (Å²) in [6, 6.07) is 22.1. The molecule has 0 aliphatic heterocycles. The summed E-state index contributed by atoms with van der Waals surface area (Å²) in [5.41, 5.74) is 6.22. The van der Waals surface area contributed by atoms with E-state index in [9.17, 15) is 9.90 Å². The summed E-state index contributed by atoms with van der Waals surface area (Å²) < 4.78 is 0. The number of benzene rings is 3. The SMILES string of the molecule is O=C(Cc1ccc(Cl)cc1)Nc1nc2c(nc1-c1ccc(O)cc1)-c1ccccc1CC2. The van der Waals surface area contributed by atoms with E-state index in [2.05, 4.69) is 17.4 Å². The Morgan fingerprint density at radius 3 is 2.44 bits per heavy atom. The number of nitrogens with one attached hydrogen (secondary N) is 1. The molecule has 1 heterocycles. The van der Waals surface area contributed by atoms with E-state index in [1.807, 2.05) is 24.3 Å². The Bertz CT molecular complexity index is 1300. The molecule has 1 aliphatic rings. The minimum Gasteiger partial charge on any atom is -0.508 e. The van der Waals surface area contributed by atoms with Crippen LogP contribution < -0.4 is 5.32 Å². The molecule has 1 aliphatic carbocycles. The van der Waals surface area contributed by atoms with Crippen molar-refractivity contribution in [1.82, 2.24) is 9.97 Å². The van der Waals surface area contributed by atoms with Crippen molar-refractivity contribution in [2.75, 3.05) is 5.32 Å². The van der Waals surface area contributed by atoms with E-state index in [1.165, 1.54) is 5.56 Å². The van der Waals surface area contributed by atoms with Gasteiger partial charge in [0.2, 0.25) is 5.91 Å². The Balaban J connectivity index is 1.54. The summed E-state index contributed by atoms with van der Waals surface area (Å²) in [5, 5.41) is 13.3. The van der Waals surface area contributed by atoms with Crippen molar-refractivity contribution in [1.29, 1.82) is 0 Å². The number of phenols is 1. The molecule has 2 N–H and O–H groups in total. The van der Waals surface area contributed by atoms with Gasteiger partial charge in [0.1, 0.15) is 11.4 Å². The highest BCUT2D eigenvalue weighted by Crippen LogP contribution is 2.35. The molecular formula is C26H20ClN3O2. The lowest BCUT2D eigenvalue weighted by molar-refractivity contribution is -0.115. The van der Waals surface area contributed by atoms with Crippen LogP contribution in [-0.2, 0) is 24.1 Å². The van der Waals surface area contributed by atoms with Gasteiger partial charge in [-0.1, -0.05) is 48.0 Å². The van der Waals surface area contributed by atoms with Crippen molar-refractivity contribution in [2.24, 2.45) is 0 Å². The van der Waals surface area contributed by atoms with E-state index in [-0.39, 0.29) is 18.1 Å². The highest BCUT2D eigenvalue weighted by Gasteiger charge is 2.23. The fourth-order valence-electron chi connectivity index (χ4n) is 3.95. The number of carbonyl (C=O) groups excluding carboxylic acids is 1. The first-order valence-electron chi connectivity index (χ1n) is 10.4. The summed E-state index contributed by atoms with van der Waals surface area (Å²) in [6.45, 7) is 0. The number of amides is 1. The Labute approximate surface area is 190 Å². The van der Waals surface area contributed by atoms with Crippen LogP contribution >= 0.6 is 11.6 Å². The van der Waals surface area contributed by atoms with Gasteiger partial charge in [0.15, 0.2) is 5.82 Å². The van der Waals surface area contributed by atoms with Gasteiger partial charge in [0.25, 0.3) is 0 Å². The van der Waals surface area contributed by atoms with Gasteiger partial charge in [-0.2, -0.15) is 0 Å². The van der Waals surface area contributed by atoms with Crippen LogP contribution in [0.5, 0.6) is 5.75 Å². The number of aryl methyl sites for hydroxylation is 2. The molecule has 0 fully saturated rings. The topological polar surface area (TPSA) is 75.1 Å². The zero-order valence-corrected chi connectivity index (χ0v) is 17.9. The predicted molar refractivity (Wildman–Crippen MR) is 126 cm³/mol. The highest BCUT2D eigenvalue weighted by molar-refractivity contribution is 6.30. The van der Waals surface area contributed by atoms with Gasteiger partial charge in [0, 0.05) is 16.1 Å². The van der Waals surface area contributed by atoms with Crippen molar-refractivity contribution < 1.29 is 9.90 Å². The van der Waals surface area contributed by atoms with Crippen molar-refractivity contribution in [2.45, 2.75) is 19.3 Å². The molecule has 0 saturated heterocycles. The van der Waals surface area contributed by atoms with E-state index in [0.717, 1.165) is 40.9 Å². The molecule has 0 spiro atoms. The maximum atomic E-state index is 12.8. The maximum absolute atomic E-state index is 12.8. The molecule has 0 unspecified atom stereocenters. The number of carbonyl (C=O) groups is 1. The number of fused-ring (bicyclic) bond motifs is 3. The molecule has 158 valence electrons. The van der Waals surface area contributed by atoms with Crippen LogP contribution in [0.1, 0.15) is 16.8 Å². The average Bonchev–Trinajstić information content (AvgIpc) is 2.80. The van der Waals surface area contributed by atoms with Crippen LogP contribution in [0.4, 0.5) is 5.82 Å². The molecule has 1 amide bonds. The second-order valence-corrected chi connectivity index (χ2v) is 8.21. The molecule has 1 aromatic heterocycles. The maximum Gasteiger partial charge on any atom is 0.230 e. The summed E-state index contributed by atoms with van der Waals surface area (Å²) in [6.07, 6.45) is 1.84. The largest absolute Gasteiger partial charge is 0.508 e. The van der Waals surface area contributed by atoms with Gasteiger partial charge in [-0.05, 0) is 60.4 Å². The van der Waals surface area contributed by atoms with Crippen LogP contribution in [0.2, 0.25) is 5.02 Å². The van der Waals surface area contributed by atoms with Crippen LogP contribution in [0, 0.1) is 0 Å². The molecule has 5 rings (SSSR count). The van der Waals surface area contributed by atoms with Crippen molar-refractivity contribution in [3.8, 4) is 28.3 Å². The highest BCUT2D eigenvalue weighted by atomic mass is 35.5. The van der Waals surface area contributed by atoms with E-state index >= 15 is 0 Å². The predicted octanol–water partition coefficient (Wildman–Crippen LogP) is 5.45. The Kier molecular flexibility index (Phi) is 5.33. The summed E-state index contributed by atoms with van der Waals surface area (Å²) in [4.78, 5) is 22.6. The summed E-state index contributed by atoms with van der Waals surface area (Å²) in [5.74, 6) is 0.406. The fourth-order valence-corrected chi connectivity index (χ4v) is 4.08. The van der Waals surface area contributed by atoms with E-state index in [0.29, 0.717) is 16.5 Å². The zero-order chi connectivity index (χ0) is 22.1. The molecule has 32 heavy (non-hydrogen) atoms. The third-order valence-electron chi connectivity index (χ3n) is 5.55. The number of phenolic OH excluding ortho intramolecular Hbond substituents is 1. The number of nitrogens with zero attached hydrogens (tertiary/aromatic N) is 2. The van der Waals surface area contributed by atoms with Gasteiger partial charge in [-0.15, -0.1) is 0 Å². The minimum absolute atomic E-state index is 0.165. The molecule has 0 saturated carbocycles. The van der Waals surface area contributed by atoms with Crippen molar-refractivity contribution in [3.63, 3.8) is 0 Å². The van der Waals surface area contributed by atoms with Gasteiger partial charge < -0.3 is 10.4 Å². The Morgan fingerprint density at radius 2 is 1.66 bits per heavy atom. The average molecular weight is 442 g/mol. The van der Waals surface area contributed by atoms with E-state index < -0.39 is 0 Å². The third kappa shape index (κ3) is 4.07. The monoisotopic (exact) mass is 441 g/mol. The Hall–Kier alpha value is -3.70. The number of aromatic hydroxyl groups is 1. The first-order chi connectivity index (χ1) is 15.6. The second-order valence-electron chi connectivity index (χ2n) is 7.77. The molecular weight excluding hydrogens is 422 g/mol. The first-order valence-corrected chi connectivity index (χ1v) is 10.8. The number of anilines is 1. The van der Waals surface area contributed by atoms with Gasteiger partial charge in [-0.3, -0.25) is 4.79 Å². The molecule has 5 nitrogen and oxygen atoms in total. The summed E-state index contributed by atoms with van der Waals surface area (Å²) >= 11 is 5.94. The first kappa shape index (κ1) is 20.2. The van der Waals surface area contributed by atoms with Gasteiger partial charge in [0.05, 0.1) is 17.8 Å². The lowest BCUT2D eigenvalue weighted by Gasteiger charge is -2.21. The number of aromatic nitrogens is 2. The minimum atomic E-state index is -0.183. The number of hydrogen-bond acceptors (Lipinski definition) is 4. The molecule has 0 atom stereocenters. The van der Waals surface area contributed by atoms with Crippen molar-refractivity contribution in [3.05, 3.63) is 94.6 Å². The second kappa shape index (κ2) is 8.44. The van der Waals surface area contributed by atoms with Crippen LogP contribution in [0.15, 0.2) is 72.8 Å². The smallest absolute Gasteiger partial charge is 0.230 e. The quantitative estimate of drug-likeness (QED) is 0.441. The van der Waals surface area contributed by atoms with E-state index in [4.69, 9.17) is 21.6 Å². The van der Waals surface area contributed by atoms with Crippen LogP contribution in [-0.4, -0.2) is 21.0 Å². The normalized spacial score (nSPS) is 12.0. The third-order valence-corrected chi connectivity index (χ3v) is 5.80. The standard InChI is InChI=1S/C26H20ClN3O2/c27-19-10-5-16(6-11-19)15-23(32)29-26-24(18-7-12-20(31)13-8-18)30-25-21-4-2-1-3-17(21)9-14-22(25)28-26/h1-8,10-13,31H,9,14-15H2,(H,28,29,32). The molecule has 4 aromatic rings. The van der Waals surface area contributed by atoms with Gasteiger partial charge in [-0.25, -0.2) is 9.97 Å². The molecule has 3 aromatic carbocycles. The van der Waals surface area contributed by atoms with Crippen LogP contribution in [0.3, 0.4) is 0 Å². The lowest BCUT2D eigenvalue weighted by atomic mass is 9.91. The number of rotatable bonds is 4. The number of hydrogen-bond donors (Lipinski definition) is 2. The zero-order valence-electron chi connectivity index (χ0n) is 17.2. The molecule has 0 bridgehead atoms. The van der Waals surface area contributed by atoms with Crippen LogP contribution in [0.25, 0.3) is 22.5 Å². The lowest BCUT2D eigenvalue weighted by Crippen LogP contribution is -2.18. The van der Waals surface area contributed by atoms with Gasteiger partial charge >= 0.3 is 0 Å². The van der Waals surface area contributed by atoms with E-state index in [1.54, 1.807) is 36.4 Å².